The maximum absolute atomic E-state index is 3.54. The van der Waals surface area contributed by atoms with Crippen LogP contribution in [0.25, 0.3) is 0 Å². The molecule has 2 rings (SSSR count). The minimum atomic E-state index is 0.325. The summed E-state index contributed by atoms with van der Waals surface area (Å²) in [6.45, 7) is 4.30. The van der Waals surface area contributed by atoms with Crippen LogP contribution in [0.5, 0.6) is 0 Å². The van der Waals surface area contributed by atoms with E-state index >= 15 is 0 Å². The molecule has 1 atom stereocenters. The van der Waals surface area contributed by atoms with Gasteiger partial charge in [-0.2, -0.15) is 0 Å². The summed E-state index contributed by atoms with van der Waals surface area (Å²) in [7, 11) is 0. The predicted octanol–water partition coefficient (Wildman–Crippen LogP) is 5.75. The molecule has 0 saturated heterocycles. The maximum Gasteiger partial charge on any atom is 0.0578 e. The second-order valence-corrected chi connectivity index (χ2v) is 6.77. The zero-order chi connectivity index (χ0) is 12.4. The van der Waals surface area contributed by atoms with Crippen LogP contribution < -0.4 is 5.32 Å². The summed E-state index contributed by atoms with van der Waals surface area (Å²) in [6.07, 6.45) is 0. The molecule has 1 unspecified atom stereocenters. The van der Waals surface area contributed by atoms with Crippen LogP contribution in [-0.4, -0.2) is 0 Å². The van der Waals surface area contributed by atoms with Crippen molar-refractivity contribution in [1.29, 1.82) is 0 Å². The predicted molar refractivity (Wildman–Crippen MR) is 82.9 cm³/mol. The lowest BCUT2D eigenvalue weighted by Gasteiger charge is -2.15. The van der Waals surface area contributed by atoms with Crippen LogP contribution in [0.3, 0.4) is 0 Å². The van der Waals surface area contributed by atoms with Crippen LogP contribution in [-0.2, 0) is 0 Å². The van der Waals surface area contributed by atoms with E-state index < -0.39 is 0 Å². The molecule has 4 heteroatoms. The van der Waals surface area contributed by atoms with Gasteiger partial charge >= 0.3 is 0 Å². The van der Waals surface area contributed by atoms with Crippen molar-refractivity contribution >= 4 is 48.9 Å². The van der Waals surface area contributed by atoms with Crippen molar-refractivity contribution in [2.75, 3.05) is 5.32 Å². The average Bonchev–Trinajstić information content (AvgIpc) is 2.69. The standard InChI is InChI=1S/C13H13Br2NS/c1-8-5-10(14)3-4-12(8)16-9(2)13-6-11(15)7-17-13/h3-7,9,16H,1-2H3. The molecule has 0 fully saturated rings. The molecule has 0 aliphatic heterocycles. The molecule has 0 aliphatic rings. The fraction of sp³-hybridized carbons (Fsp3) is 0.231. The fourth-order valence-electron chi connectivity index (χ4n) is 1.65. The molecule has 1 heterocycles. The Morgan fingerprint density at radius 2 is 1.94 bits per heavy atom. The van der Waals surface area contributed by atoms with Crippen LogP contribution in [0.15, 0.2) is 38.6 Å². The summed E-state index contributed by atoms with van der Waals surface area (Å²) in [5.41, 5.74) is 2.44. The molecule has 0 radical (unpaired) electrons. The Kier molecular flexibility index (Phi) is 4.28. The van der Waals surface area contributed by atoms with E-state index in [1.165, 1.54) is 16.1 Å². The normalized spacial score (nSPS) is 12.5. The van der Waals surface area contributed by atoms with E-state index in [4.69, 9.17) is 0 Å². The molecular formula is C13H13Br2NS. The molecule has 0 bridgehead atoms. The smallest absolute Gasteiger partial charge is 0.0578 e. The van der Waals surface area contributed by atoms with Gasteiger partial charge in [0.25, 0.3) is 0 Å². The number of halogens is 2. The fourth-order valence-corrected chi connectivity index (χ4v) is 3.58. The van der Waals surface area contributed by atoms with Crippen molar-refractivity contribution in [1.82, 2.24) is 0 Å². The number of rotatable bonds is 3. The van der Waals surface area contributed by atoms with Gasteiger partial charge in [-0.15, -0.1) is 11.3 Å². The Balaban J connectivity index is 2.15. The van der Waals surface area contributed by atoms with Crippen LogP contribution in [0.1, 0.15) is 23.4 Å². The van der Waals surface area contributed by atoms with E-state index in [1.807, 2.05) is 0 Å². The van der Waals surface area contributed by atoms with E-state index in [0.717, 1.165) is 8.95 Å². The van der Waals surface area contributed by atoms with E-state index in [1.54, 1.807) is 11.3 Å². The summed E-state index contributed by atoms with van der Waals surface area (Å²) >= 11 is 8.73. The summed E-state index contributed by atoms with van der Waals surface area (Å²) in [5.74, 6) is 0. The van der Waals surface area contributed by atoms with Crippen LogP contribution in [0, 0.1) is 6.92 Å². The topological polar surface area (TPSA) is 12.0 Å². The quantitative estimate of drug-likeness (QED) is 0.720. The van der Waals surface area contributed by atoms with Crippen molar-refractivity contribution in [2.45, 2.75) is 19.9 Å². The molecule has 1 N–H and O–H groups in total. The van der Waals surface area contributed by atoms with Gasteiger partial charge in [-0.05, 0) is 59.6 Å². The SMILES string of the molecule is Cc1cc(Br)ccc1NC(C)c1cc(Br)cs1. The molecule has 2 aromatic rings. The Morgan fingerprint density at radius 3 is 2.53 bits per heavy atom. The van der Waals surface area contributed by atoms with Gasteiger partial charge in [-0.25, -0.2) is 0 Å². The number of hydrogen-bond donors (Lipinski definition) is 1. The lowest BCUT2D eigenvalue weighted by atomic mass is 10.2. The van der Waals surface area contributed by atoms with Gasteiger partial charge in [-0.3, -0.25) is 0 Å². The number of nitrogens with one attached hydrogen (secondary N) is 1. The first-order valence-electron chi connectivity index (χ1n) is 5.33. The van der Waals surface area contributed by atoms with Gasteiger partial charge < -0.3 is 5.32 Å². The first-order chi connectivity index (χ1) is 8.06. The molecule has 17 heavy (non-hydrogen) atoms. The van der Waals surface area contributed by atoms with Gasteiger partial charge in [-0.1, -0.05) is 15.9 Å². The highest BCUT2D eigenvalue weighted by molar-refractivity contribution is 9.10. The van der Waals surface area contributed by atoms with Crippen LogP contribution >= 0.6 is 43.2 Å². The van der Waals surface area contributed by atoms with E-state index in [2.05, 4.69) is 80.7 Å². The lowest BCUT2D eigenvalue weighted by Crippen LogP contribution is -2.05. The number of benzene rings is 1. The van der Waals surface area contributed by atoms with Crippen molar-refractivity contribution in [3.05, 3.63) is 49.0 Å². The Labute approximate surface area is 123 Å². The van der Waals surface area contributed by atoms with Crippen molar-refractivity contribution in [3.63, 3.8) is 0 Å². The molecule has 1 aromatic heterocycles. The molecule has 0 spiro atoms. The van der Waals surface area contributed by atoms with Crippen molar-refractivity contribution < 1.29 is 0 Å². The largest absolute Gasteiger partial charge is 0.377 e. The molecule has 90 valence electrons. The first-order valence-corrected chi connectivity index (χ1v) is 7.79. The molecule has 0 saturated carbocycles. The summed E-state index contributed by atoms with van der Waals surface area (Å²) in [4.78, 5) is 1.33. The summed E-state index contributed by atoms with van der Waals surface area (Å²) < 4.78 is 2.27. The average molecular weight is 375 g/mol. The number of hydrogen-bond acceptors (Lipinski definition) is 2. The van der Waals surface area contributed by atoms with Gasteiger partial charge in [0.15, 0.2) is 0 Å². The molecule has 1 aromatic carbocycles. The molecule has 0 aliphatic carbocycles. The van der Waals surface area contributed by atoms with E-state index in [9.17, 15) is 0 Å². The minimum absolute atomic E-state index is 0.325. The highest BCUT2D eigenvalue weighted by atomic mass is 79.9. The van der Waals surface area contributed by atoms with Crippen molar-refractivity contribution in [3.8, 4) is 0 Å². The second kappa shape index (κ2) is 5.55. The zero-order valence-electron chi connectivity index (χ0n) is 9.63. The third-order valence-corrected chi connectivity index (χ3v) is 4.94. The Morgan fingerprint density at radius 1 is 1.18 bits per heavy atom. The molecule has 0 amide bonds. The summed E-state index contributed by atoms with van der Waals surface area (Å²) in [6, 6.07) is 8.78. The van der Waals surface area contributed by atoms with Crippen LogP contribution in [0.2, 0.25) is 0 Å². The number of aryl methyl sites for hydroxylation is 1. The maximum atomic E-state index is 3.54. The zero-order valence-corrected chi connectivity index (χ0v) is 13.6. The number of anilines is 1. The van der Waals surface area contributed by atoms with Gasteiger partial charge in [0.05, 0.1) is 6.04 Å². The summed E-state index contributed by atoms with van der Waals surface area (Å²) in [5, 5.41) is 5.65. The highest BCUT2D eigenvalue weighted by Gasteiger charge is 2.09. The van der Waals surface area contributed by atoms with E-state index in [0.29, 0.717) is 6.04 Å². The Hall–Kier alpha value is -0.320. The monoisotopic (exact) mass is 373 g/mol. The third-order valence-electron chi connectivity index (χ3n) is 2.57. The van der Waals surface area contributed by atoms with Gasteiger partial charge in [0.2, 0.25) is 0 Å². The first kappa shape index (κ1) is 13.1. The second-order valence-electron chi connectivity index (χ2n) is 3.99. The highest BCUT2D eigenvalue weighted by Crippen LogP contribution is 2.29. The minimum Gasteiger partial charge on any atom is -0.377 e. The van der Waals surface area contributed by atoms with Gasteiger partial charge in [0.1, 0.15) is 0 Å². The van der Waals surface area contributed by atoms with E-state index in [-0.39, 0.29) is 0 Å². The van der Waals surface area contributed by atoms with Crippen molar-refractivity contribution in [2.24, 2.45) is 0 Å². The molecule has 1 nitrogen and oxygen atoms in total. The Bertz CT molecular complexity index is 522. The van der Waals surface area contributed by atoms with Crippen LogP contribution in [0.4, 0.5) is 5.69 Å². The molecular weight excluding hydrogens is 362 g/mol. The lowest BCUT2D eigenvalue weighted by molar-refractivity contribution is 0.905. The third kappa shape index (κ3) is 3.33. The number of thiophene rings is 1. The van der Waals surface area contributed by atoms with Gasteiger partial charge in [0, 0.05) is 24.9 Å².